The Bertz CT molecular complexity index is 676. The van der Waals surface area contributed by atoms with Gasteiger partial charge in [0.05, 0.1) is 7.05 Å². The van der Waals surface area contributed by atoms with Gasteiger partial charge in [0.15, 0.2) is 6.33 Å². The van der Waals surface area contributed by atoms with Crippen LogP contribution < -0.4 is 4.57 Å². The minimum Gasteiger partial charge on any atom is -0.474 e. The monoisotopic (exact) mass is 381 g/mol. The smallest absolute Gasteiger partial charge is 0.174 e. The van der Waals surface area contributed by atoms with E-state index in [-0.39, 0.29) is 32.7 Å². The van der Waals surface area contributed by atoms with E-state index >= 15 is 0 Å². The van der Waals surface area contributed by atoms with Crippen LogP contribution in [0.4, 0.5) is 5.69 Å². The van der Waals surface area contributed by atoms with Gasteiger partial charge in [-0.25, -0.2) is 4.98 Å². The van der Waals surface area contributed by atoms with Crippen LogP contribution in [0.5, 0.6) is 0 Å². The summed E-state index contributed by atoms with van der Waals surface area (Å²) in [5.74, 6) is 0.484. The number of aryl methyl sites for hydroxylation is 2. The Labute approximate surface area is 164 Å². The Balaban J connectivity index is 0.00000192. The predicted octanol–water partition coefficient (Wildman–Crippen LogP) is 3.84. The van der Waals surface area contributed by atoms with Crippen molar-refractivity contribution in [2.24, 2.45) is 18.0 Å². The van der Waals surface area contributed by atoms with Crippen LogP contribution in [-0.2, 0) is 39.8 Å². The van der Waals surface area contributed by atoms with Gasteiger partial charge in [-0.3, -0.25) is 0 Å². The molecule has 3 nitrogen and oxygen atoms in total. The van der Waals surface area contributed by atoms with Crippen molar-refractivity contribution < 1.29 is 37.3 Å². The van der Waals surface area contributed by atoms with E-state index in [0.717, 1.165) is 11.4 Å². The van der Waals surface area contributed by atoms with Crippen LogP contribution in [0.25, 0.3) is 11.3 Å². The molecule has 0 N–H and O–H groups in total. The van der Waals surface area contributed by atoms with Crippen molar-refractivity contribution in [1.29, 1.82) is 0 Å². The third-order valence-corrected chi connectivity index (χ3v) is 4.34. The number of nitrogens with zero attached hydrogens (tertiary/aromatic N) is 3. The number of rotatable bonds is 3. The van der Waals surface area contributed by atoms with Gasteiger partial charge in [0.2, 0.25) is 0 Å². The fourth-order valence-corrected chi connectivity index (χ4v) is 3.08. The molecule has 0 spiro atoms. The molecule has 1 heterocycles. The summed E-state index contributed by atoms with van der Waals surface area (Å²) in [5, 5.41) is 0. The molecule has 0 saturated heterocycles. The van der Waals surface area contributed by atoms with E-state index in [9.17, 15) is 0 Å². The van der Waals surface area contributed by atoms with E-state index < -0.39 is 0 Å². The molecule has 1 aromatic heterocycles. The second-order valence-electron chi connectivity index (χ2n) is 6.06. The minimum atomic E-state index is 0. The third-order valence-electron chi connectivity index (χ3n) is 4.34. The molecule has 3 rings (SSSR count). The summed E-state index contributed by atoms with van der Waals surface area (Å²) in [4.78, 5) is 8.79. The van der Waals surface area contributed by atoms with Crippen LogP contribution in [0, 0.1) is 19.0 Å². The Hall–Kier alpha value is -0.926. The zero-order chi connectivity index (χ0) is 15.4. The maximum atomic E-state index is 4.62. The van der Waals surface area contributed by atoms with E-state index in [2.05, 4.69) is 53.6 Å². The summed E-state index contributed by atoms with van der Waals surface area (Å²) >= 11 is 0. The van der Waals surface area contributed by atoms with Gasteiger partial charge in [0.25, 0.3) is 0 Å². The van der Waals surface area contributed by atoms with Crippen LogP contribution >= 0.6 is 0 Å². The summed E-state index contributed by atoms with van der Waals surface area (Å²) in [6.45, 7) is 2.12. The van der Waals surface area contributed by atoms with Gasteiger partial charge >= 0.3 is 0 Å². The van der Waals surface area contributed by atoms with Crippen molar-refractivity contribution in [3.8, 4) is 11.3 Å². The van der Waals surface area contributed by atoms with Crippen LogP contribution in [0.2, 0.25) is 0 Å². The van der Waals surface area contributed by atoms with Crippen LogP contribution in [0.3, 0.4) is 0 Å². The molecule has 1 radical (unpaired) electrons. The third kappa shape index (κ3) is 4.54. The largest absolute Gasteiger partial charge is 0.474 e. The zero-order valence-corrected chi connectivity index (χ0v) is 16.8. The van der Waals surface area contributed by atoms with E-state index in [0.29, 0.717) is 5.92 Å². The zero-order valence-electron chi connectivity index (χ0n) is 13.9. The van der Waals surface area contributed by atoms with Crippen molar-refractivity contribution in [2.75, 3.05) is 0 Å². The average Bonchev–Trinajstić information content (AvgIpc) is 2.55. The van der Waals surface area contributed by atoms with Gasteiger partial charge < -0.3 is 9.56 Å². The molecule has 0 aliphatic heterocycles. The molecule has 2 aromatic rings. The van der Waals surface area contributed by atoms with E-state index in [1.54, 1.807) is 6.33 Å². The predicted molar refractivity (Wildman–Crippen MR) is 88.1 cm³/mol. The number of hydrogen-bond acceptors (Lipinski definition) is 2. The number of hydrogen-bond donors (Lipinski definition) is 0. The van der Waals surface area contributed by atoms with E-state index in [1.165, 1.54) is 43.2 Å². The van der Waals surface area contributed by atoms with Gasteiger partial charge in [-0.05, 0) is 24.4 Å². The number of aliphatic imine (C=N–C) groups is 1. The SMILES string of the molecule is Cc1ccccc1-c1c(N=[C-]C2CCCCC2)[c-]nc[n+]1C.[Y]. The summed E-state index contributed by atoms with van der Waals surface area (Å²) in [5.41, 5.74) is 4.24. The number of aromatic nitrogens is 2. The average molecular weight is 381 g/mol. The van der Waals surface area contributed by atoms with Crippen LogP contribution in [-0.4, -0.2) is 11.2 Å². The molecular formula is C19H22N3Y-. The van der Waals surface area contributed by atoms with Crippen molar-refractivity contribution in [3.05, 3.63) is 42.4 Å². The first-order valence-electron chi connectivity index (χ1n) is 8.04. The normalized spacial score (nSPS) is 15.6. The number of benzene rings is 1. The summed E-state index contributed by atoms with van der Waals surface area (Å²) in [6, 6.07) is 8.36. The van der Waals surface area contributed by atoms with Gasteiger partial charge in [-0.15, -0.1) is 5.69 Å². The van der Waals surface area contributed by atoms with Gasteiger partial charge in [-0.2, -0.15) is 6.21 Å². The molecule has 0 bridgehead atoms. The van der Waals surface area contributed by atoms with Crippen LogP contribution in [0.1, 0.15) is 37.7 Å². The van der Waals surface area contributed by atoms with Gasteiger partial charge in [0, 0.05) is 32.7 Å². The molecule has 0 atom stereocenters. The molecule has 1 aliphatic rings. The fourth-order valence-electron chi connectivity index (χ4n) is 3.08. The first kappa shape index (κ1) is 18.4. The topological polar surface area (TPSA) is 29.1 Å². The quantitative estimate of drug-likeness (QED) is 0.451. The molecule has 1 aromatic carbocycles. The second kappa shape index (κ2) is 8.79. The maximum Gasteiger partial charge on any atom is 0.174 e. The van der Waals surface area contributed by atoms with E-state index in [4.69, 9.17) is 0 Å². The van der Waals surface area contributed by atoms with Crippen LogP contribution in [0.15, 0.2) is 35.6 Å². The summed E-state index contributed by atoms with van der Waals surface area (Å²) in [7, 11) is 2.00. The Morgan fingerprint density at radius 1 is 1.22 bits per heavy atom. The maximum absolute atomic E-state index is 4.62. The summed E-state index contributed by atoms with van der Waals surface area (Å²) < 4.78 is 2.01. The first-order valence-corrected chi connectivity index (χ1v) is 8.04. The van der Waals surface area contributed by atoms with Gasteiger partial charge in [-0.1, -0.05) is 67.9 Å². The first-order chi connectivity index (χ1) is 10.8. The Morgan fingerprint density at radius 3 is 2.70 bits per heavy atom. The van der Waals surface area contributed by atoms with Crippen molar-refractivity contribution in [1.82, 2.24) is 4.98 Å². The Morgan fingerprint density at radius 2 is 1.96 bits per heavy atom. The molecule has 0 unspecified atom stereocenters. The molecule has 4 heteroatoms. The summed E-state index contributed by atoms with van der Waals surface area (Å²) in [6.07, 6.45) is 14.5. The Kier molecular flexibility index (Phi) is 7.04. The standard InChI is InChI=1S/C19H22N3.Y/c1-15-8-6-7-11-17(15)19-18(13-20-14-22(19)2)21-12-16-9-4-3-5-10-16;/h6-8,11,14,16H,3-5,9-10H2,1-2H3;/q-1;. The molecule has 1 saturated carbocycles. The minimum absolute atomic E-state index is 0. The van der Waals surface area contributed by atoms with Crippen molar-refractivity contribution in [3.63, 3.8) is 0 Å². The van der Waals surface area contributed by atoms with Gasteiger partial charge in [0.1, 0.15) is 0 Å². The fraction of sp³-hybridized carbons (Fsp3) is 0.421. The molecule has 1 aliphatic carbocycles. The van der Waals surface area contributed by atoms with Crippen molar-refractivity contribution >= 4 is 11.9 Å². The second-order valence-corrected chi connectivity index (χ2v) is 6.06. The molecule has 1 fully saturated rings. The molecule has 0 amide bonds. The molecule has 117 valence electrons. The van der Waals surface area contributed by atoms with Crippen molar-refractivity contribution in [2.45, 2.75) is 39.0 Å². The van der Waals surface area contributed by atoms with E-state index in [1.807, 2.05) is 11.6 Å². The molecule has 23 heavy (non-hydrogen) atoms. The molecular weight excluding hydrogens is 359 g/mol.